The maximum Gasteiger partial charge on any atom is 0.261 e. The van der Waals surface area contributed by atoms with Crippen LogP contribution in [0.15, 0.2) is 35.3 Å². The van der Waals surface area contributed by atoms with E-state index in [0.29, 0.717) is 34.4 Å². The van der Waals surface area contributed by atoms with E-state index >= 15 is 0 Å². The highest BCUT2D eigenvalue weighted by molar-refractivity contribution is 7.24. The number of benzene rings is 1. The van der Waals surface area contributed by atoms with Crippen molar-refractivity contribution in [2.24, 2.45) is 0 Å². The Morgan fingerprint density at radius 2 is 2.00 bits per heavy atom. The van der Waals surface area contributed by atoms with Gasteiger partial charge in [-0.15, -0.1) is 11.3 Å². The van der Waals surface area contributed by atoms with Gasteiger partial charge in [0.25, 0.3) is 5.91 Å². The minimum atomic E-state index is -0.266. The molecule has 3 fully saturated rings. The molecule has 1 aromatic carbocycles. The molecule has 0 radical (unpaired) electrons. The number of amides is 1. The van der Waals surface area contributed by atoms with E-state index < -0.39 is 0 Å². The number of carbonyl (C=O) groups is 1. The normalized spacial score (nSPS) is 23.1. The Balaban J connectivity index is 1.44. The van der Waals surface area contributed by atoms with Gasteiger partial charge in [0.2, 0.25) is 11.4 Å². The molecule has 7 rings (SSSR count). The van der Waals surface area contributed by atoms with E-state index in [1.54, 1.807) is 6.20 Å². The van der Waals surface area contributed by atoms with Gasteiger partial charge in [-0.25, -0.2) is 4.98 Å². The highest BCUT2D eigenvalue weighted by atomic mass is 32.1. The lowest BCUT2D eigenvalue weighted by Crippen LogP contribution is -2.40. The summed E-state index contributed by atoms with van der Waals surface area (Å²) in [6.07, 6.45) is 4.53. The number of para-hydroxylation sites is 1. The second kappa shape index (κ2) is 8.50. The summed E-state index contributed by atoms with van der Waals surface area (Å²) in [6, 6.07) is 8.53. The summed E-state index contributed by atoms with van der Waals surface area (Å²) in [5.41, 5.74) is 1.52. The number of hydrogen-bond acceptors (Lipinski definition) is 8. The molecule has 1 amide bonds. The number of thiazole rings is 1. The van der Waals surface area contributed by atoms with Crippen molar-refractivity contribution in [2.45, 2.75) is 31.3 Å². The third-order valence-corrected chi connectivity index (χ3v) is 9.18. The molecule has 2 unspecified atom stereocenters. The van der Waals surface area contributed by atoms with Crippen LogP contribution in [0.2, 0.25) is 0 Å². The summed E-state index contributed by atoms with van der Waals surface area (Å²) in [4.78, 5) is 44.6. The van der Waals surface area contributed by atoms with Crippen LogP contribution in [-0.4, -0.2) is 88.5 Å². The number of pyridine rings is 1. The second-order valence-corrected chi connectivity index (χ2v) is 11.2. The molecular weight excluding hydrogens is 474 g/mol. The van der Waals surface area contributed by atoms with E-state index in [4.69, 9.17) is 4.98 Å². The second-order valence-electron chi connectivity index (χ2n) is 10.2. The summed E-state index contributed by atoms with van der Waals surface area (Å²) in [5, 5.41) is 3.90. The number of aromatic nitrogens is 3. The summed E-state index contributed by atoms with van der Waals surface area (Å²) < 4.78 is 3.04. The number of nitrogens with zero attached hydrogens (tertiary/aromatic N) is 6. The summed E-state index contributed by atoms with van der Waals surface area (Å²) >= 11 is 1.49. The van der Waals surface area contributed by atoms with Crippen molar-refractivity contribution in [2.75, 3.05) is 51.2 Å². The minimum absolute atomic E-state index is 0.154. The Labute approximate surface area is 212 Å². The Bertz CT molecular complexity index is 1560. The van der Waals surface area contributed by atoms with Crippen molar-refractivity contribution in [3.8, 4) is 0 Å². The predicted molar refractivity (Wildman–Crippen MR) is 142 cm³/mol. The SMILES string of the molecule is CN1CCCN(c2ncc3c(=O)c(C(=O)N4CCC5NCCC54)c4sc5ccccc5n4c3n2)CC1. The third-order valence-electron chi connectivity index (χ3n) is 8.04. The largest absolute Gasteiger partial charge is 0.339 e. The van der Waals surface area contributed by atoms with Crippen LogP contribution in [0.3, 0.4) is 0 Å². The van der Waals surface area contributed by atoms with Crippen molar-refractivity contribution < 1.29 is 4.79 Å². The number of carbonyl (C=O) groups excluding carboxylic acids is 1. The number of likely N-dealkylation sites (tertiary alicyclic amines) is 1. The maximum atomic E-state index is 14.0. The van der Waals surface area contributed by atoms with Crippen molar-refractivity contribution in [3.63, 3.8) is 0 Å². The molecular formula is C26H29N7O2S. The number of nitrogens with one attached hydrogen (secondary N) is 1. The van der Waals surface area contributed by atoms with Gasteiger partial charge >= 0.3 is 0 Å². The van der Waals surface area contributed by atoms with Gasteiger partial charge in [0.15, 0.2) is 5.65 Å². The first-order chi connectivity index (χ1) is 17.6. The first-order valence-corrected chi connectivity index (χ1v) is 13.6. The Hall–Kier alpha value is -3.08. The quantitative estimate of drug-likeness (QED) is 0.449. The molecule has 4 aromatic rings. The molecule has 186 valence electrons. The van der Waals surface area contributed by atoms with E-state index in [2.05, 4.69) is 27.1 Å². The van der Waals surface area contributed by atoms with Crippen molar-refractivity contribution in [1.29, 1.82) is 0 Å². The van der Waals surface area contributed by atoms with Gasteiger partial charge in [-0.3, -0.25) is 14.0 Å². The summed E-state index contributed by atoms with van der Waals surface area (Å²) in [5.74, 6) is 0.474. The molecule has 10 heteroatoms. The standard InChI is InChI=1S/C26H29N7O2S/c1-30-10-4-11-31(14-13-30)26-28-15-16-22(34)21(24(35)32-12-8-17-18(32)7-9-27-17)25-33(23(16)29-26)19-5-2-3-6-20(19)36-25/h2-3,5-6,15,17-18,27H,4,7-14H2,1H3. The van der Waals surface area contributed by atoms with Gasteiger partial charge in [-0.2, -0.15) is 4.98 Å². The molecule has 6 heterocycles. The lowest BCUT2D eigenvalue weighted by Gasteiger charge is -2.24. The average molecular weight is 504 g/mol. The van der Waals surface area contributed by atoms with E-state index in [9.17, 15) is 9.59 Å². The zero-order valence-corrected chi connectivity index (χ0v) is 21.1. The van der Waals surface area contributed by atoms with Crippen LogP contribution in [0.25, 0.3) is 26.1 Å². The fourth-order valence-corrected chi connectivity index (χ4v) is 7.31. The molecule has 0 aliphatic carbocycles. The number of likely N-dealkylation sites (N-methyl/N-ethyl adjacent to an activating group) is 1. The van der Waals surface area contributed by atoms with E-state index in [0.717, 1.165) is 62.2 Å². The Morgan fingerprint density at radius 3 is 2.92 bits per heavy atom. The smallest absolute Gasteiger partial charge is 0.261 e. The van der Waals surface area contributed by atoms with Gasteiger partial charge in [-0.1, -0.05) is 12.1 Å². The van der Waals surface area contributed by atoms with Crippen molar-refractivity contribution in [3.05, 3.63) is 46.2 Å². The number of fused-ring (bicyclic) bond motifs is 6. The fourth-order valence-electron chi connectivity index (χ4n) is 6.14. The van der Waals surface area contributed by atoms with Gasteiger partial charge in [0, 0.05) is 44.5 Å². The number of rotatable bonds is 2. The lowest BCUT2D eigenvalue weighted by molar-refractivity contribution is 0.0738. The molecule has 36 heavy (non-hydrogen) atoms. The van der Waals surface area contributed by atoms with Crippen LogP contribution in [-0.2, 0) is 0 Å². The lowest BCUT2D eigenvalue weighted by atomic mass is 10.1. The fraction of sp³-hybridized carbons (Fsp3) is 0.462. The molecule has 3 aliphatic rings. The monoisotopic (exact) mass is 503 g/mol. The Kier molecular flexibility index (Phi) is 5.23. The maximum absolute atomic E-state index is 14.0. The molecule has 3 saturated heterocycles. The van der Waals surface area contributed by atoms with Crippen LogP contribution in [0.1, 0.15) is 29.6 Å². The van der Waals surface area contributed by atoms with Crippen LogP contribution in [0.5, 0.6) is 0 Å². The van der Waals surface area contributed by atoms with Crippen LogP contribution >= 0.6 is 11.3 Å². The first kappa shape index (κ1) is 22.1. The zero-order valence-electron chi connectivity index (χ0n) is 20.3. The highest BCUT2D eigenvalue weighted by Crippen LogP contribution is 2.33. The van der Waals surface area contributed by atoms with E-state index in [1.165, 1.54) is 11.3 Å². The number of hydrogen-bond donors (Lipinski definition) is 1. The van der Waals surface area contributed by atoms with E-state index in [1.807, 2.05) is 33.6 Å². The van der Waals surface area contributed by atoms with Gasteiger partial charge in [0.05, 0.1) is 15.6 Å². The summed E-state index contributed by atoms with van der Waals surface area (Å²) in [7, 11) is 2.13. The first-order valence-electron chi connectivity index (χ1n) is 12.8. The third kappa shape index (κ3) is 3.35. The van der Waals surface area contributed by atoms with Crippen LogP contribution < -0.4 is 15.6 Å². The molecule has 3 aromatic heterocycles. The molecule has 2 atom stereocenters. The predicted octanol–water partition coefficient (Wildman–Crippen LogP) is 2.18. The zero-order chi connectivity index (χ0) is 24.4. The molecule has 0 saturated carbocycles. The van der Waals surface area contributed by atoms with Gasteiger partial charge in [-0.05, 0) is 51.5 Å². The van der Waals surface area contributed by atoms with Crippen molar-refractivity contribution in [1.82, 2.24) is 29.5 Å². The number of anilines is 1. The minimum Gasteiger partial charge on any atom is -0.339 e. The molecule has 3 aliphatic heterocycles. The summed E-state index contributed by atoms with van der Waals surface area (Å²) in [6.45, 7) is 5.29. The van der Waals surface area contributed by atoms with Gasteiger partial charge < -0.3 is 20.0 Å². The van der Waals surface area contributed by atoms with Crippen LogP contribution in [0, 0.1) is 0 Å². The van der Waals surface area contributed by atoms with E-state index in [-0.39, 0.29) is 22.9 Å². The molecule has 9 nitrogen and oxygen atoms in total. The Morgan fingerprint density at radius 1 is 1.11 bits per heavy atom. The van der Waals surface area contributed by atoms with Crippen molar-refractivity contribution >= 4 is 49.3 Å². The average Bonchev–Trinajstić information content (AvgIpc) is 3.56. The van der Waals surface area contributed by atoms with Crippen LogP contribution in [0.4, 0.5) is 5.95 Å². The highest BCUT2D eigenvalue weighted by Gasteiger charge is 2.41. The molecule has 1 N–H and O–H groups in total. The topological polar surface area (TPSA) is 86.1 Å². The van der Waals surface area contributed by atoms with Gasteiger partial charge in [0.1, 0.15) is 10.4 Å². The molecule has 0 spiro atoms. The molecule has 0 bridgehead atoms.